The zero-order valence-corrected chi connectivity index (χ0v) is 11.6. The summed E-state index contributed by atoms with van der Waals surface area (Å²) in [6.07, 6.45) is 1.19. The van der Waals surface area contributed by atoms with E-state index < -0.39 is 5.23 Å². The molecule has 3 heteroatoms. The predicted octanol–water partition coefficient (Wildman–Crippen LogP) is 3.51. The van der Waals surface area contributed by atoms with Crippen molar-refractivity contribution in [2.45, 2.75) is 39.8 Å². The molecule has 0 aliphatic rings. The Morgan fingerprint density at radius 1 is 1.33 bits per heavy atom. The quantitative estimate of drug-likeness (QED) is 0.565. The summed E-state index contributed by atoms with van der Waals surface area (Å²) in [5.74, 6) is 1.27. The van der Waals surface area contributed by atoms with E-state index in [0.29, 0.717) is 17.5 Å². The fraction of sp³-hybridized carbons (Fsp3) is 1.00. The summed E-state index contributed by atoms with van der Waals surface area (Å²) >= 11 is 1.82. The Hall–Kier alpha value is 0.918. The molecule has 0 N–H and O–H groups in total. The van der Waals surface area contributed by atoms with Crippen molar-refractivity contribution in [3.8, 4) is 0 Å². The van der Waals surface area contributed by atoms with Gasteiger partial charge in [-0.05, 0) is 0 Å². The van der Waals surface area contributed by atoms with Crippen LogP contribution in [0.25, 0.3) is 0 Å². The Labute approximate surface area is 87.4 Å². The van der Waals surface area contributed by atoms with Gasteiger partial charge in [0.2, 0.25) is 0 Å². The molecule has 0 aromatic heterocycles. The van der Waals surface area contributed by atoms with E-state index in [1.165, 1.54) is 6.42 Å². The Morgan fingerprint density at radius 3 is 2.00 bits per heavy atom. The van der Waals surface area contributed by atoms with Gasteiger partial charge in [0.1, 0.15) is 0 Å². The summed E-state index contributed by atoms with van der Waals surface area (Å²) < 4.78 is 11.8. The first-order chi connectivity index (χ1) is 5.30. The van der Waals surface area contributed by atoms with Gasteiger partial charge in [-0.25, -0.2) is 0 Å². The molecule has 12 heavy (non-hydrogen) atoms. The van der Waals surface area contributed by atoms with Crippen LogP contribution in [0.1, 0.15) is 34.1 Å². The van der Waals surface area contributed by atoms with Crippen molar-refractivity contribution in [1.82, 2.24) is 0 Å². The van der Waals surface area contributed by atoms with Crippen LogP contribution in [0.2, 0.25) is 0 Å². The second-order valence-corrected chi connectivity index (χ2v) is 11.9. The number of rotatable bonds is 4. The van der Waals surface area contributed by atoms with Gasteiger partial charge in [-0.2, -0.15) is 0 Å². The first-order valence-electron chi connectivity index (χ1n) is 4.58. The molecule has 0 aliphatic heterocycles. The summed E-state index contributed by atoms with van der Waals surface area (Å²) in [4.78, 5) is 0. The minimum absolute atomic E-state index is 0.372. The second kappa shape index (κ2) is 4.96. The fourth-order valence-electron chi connectivity index (χ4n) is 1.27. The van der Waals surface area contributed by atoms with E-state index in [0.717, 1.165) is 0 Å². The molecule has 0 radical (unpaired) electrons. The van der Waals surface area contributed by atoms with E-state index in [2.05, 4.69) is 27.7 Å². The van der Waals surface area contributed by atoms with Crippen LogP contribution in [0, 0.1) is 11.8 Å². The van der Waals surface area contributed by atoms with Crippen LogP contribution >= 0.6 is 5.23 Å². The molecule has 4 unspecified atom stereocenters. The third kappa shape index (κ3) is 3.75. The molecular weight excluding hydrogens is 251 g/mol. The van der Waals surface area contributed by atoms with E-state index in [1.54, 1.807) is 0 Å². The predicted molar refractivity (Wildman–Crippen MR) is 51.6 cm³/mol. The van der Waals surface area contributed by atoms with Crippen LogP contribution in [-0.2, 0) is 23.9 Å². The monoisotopic (exact) mass is 273 g/mol. The molecule has 0 saturated heterocycles. The first kappa shape index (κ1) is 12.9. The van der Waals surface area contributed by atoms with Crippen molar-refractivity contribution in [2.75, 3.05) is 6.66 Å². The van der Waals surface area contributed by atoms with Crippen LogP contribution in [-0.4, -0.2) is 12.3 Å². The molecule has 0 bridgehead atoms. The second-order valence-electron chi connectivity index (χ2n) is 3.89. The summed E-state index contributed by atoms with van der Waals surface area (Å²) in [5, 5.41) is -1.87. The van der Waals surface area contributed by atoms with Crippen molar-refractivity contribution in [3.05, 3.63) is 0 Å². The van der Waals surface area contributed by atoms with Gasteiger partial charge < -0.3 is 0 Å². The third-order valence-electron chi connectivity index (χ3n) is 3.04. The van der Waals surface area contributed by atoms with E-state index in [1.807, 2.05) is 26.0 Å². The van der Waals surface area contributed by atoms with Crippen LogP contribution < -0.4 is 0 Å². The van der Waals surface area contributed by atoms with Gasteiger partial charge in [-0.1, -0.05) is 0 Å². The molecule has 0 spiro atoms. The molecule has 0 rings (SSSR count). The molecule has 0 fully saturated rings. The van der Waals surface area contributed by atoms with Gasteiger partial charge in [0, 0.05) is 0 Å². The van der Waals surface area contributed by atoms with Crippen LogP contribution in [0.5, 0.6) is 0 Å². The summed E-state index contributed by atoms with van der Waals surface area (Å²) in [5.41, 5.74) is 0.372. The van der Waals surface area contributed by atoms with Crippen molar-refractivity contribution in [3.63, 3.8) is 0 Å². The zero-order chi connectivity index (χ0) is 9.94. The minimum atomic E-state index is -1.87. The van der Waals surface area contributed by atoms with Gasteiger partial charge >= 0.3 is 87.4 Å². The molecule has 0 aliphatic carbocycles. The van der Waals surface area contributed by atoms with Crippen molar-refractivity contribution in [2.24, 2.45) is 11.8 Å². The van der Waals surface area contributed by atoms with Crippen molar-refractivity contribution in [1.29, 1.82) is 0 Å². The summed E-state index contributed by atoms with van der Waals surface area (Å²) in [6.45, 7) is 10.7. The fourth-order valence-corrected chi connectivity index (χ4v) is 3.84. The van der Waals surface area contributed by atoms with Crippen molar-refractivity contribution < 1.29 is 23.9 Å². The van der Waals surface area contributed by atoms with Crippen molar-refractivity contribution >= 4 is 5.23 Å². The maximum atomic E-state index is 11.8. The van der Waals surface area contributed by atoms with E-state index in [-0.39, 0.29) is 0 Å². The molecule has 4 atom stereocenters. The molecule has 0 heterocycles. The van der Waals surface area contributed by atoms with Gasteiger partial charge in [0.15, 0.2) is 0 Å². The summed E-state index contributed by atoms with van der Waals surface area (Å²) in [7, 11) is 0. The third-order valence-corrected chi connectivity index (χ3v) is 7.44. The van der Waals surface area contributed by atoms with Gasteiger partial charge in [0.05, 0.1) is 0 Å². The van der Waals surface area contributed by atoms with Gasteiger partial charge in [-0.3, -0.25) is 0 Å². The Kier molecular flexibility index (Phi) is 5.34. The molecule has 0 saturated carbocycles. The molecule has 0 amide bonds. The number of hydrogen-bond acceptors (Lipinski definition) is 1. The normalized spacial score (nSPS) is 24.1. The summed E-state index contributed by atoms with van der Waals surface area (Å²) in [6, 6.07) is 0. The Morgan fingerprint density at radius 2 is 1.75 bits per heavy atom. The Balaban J connectivity index is 4.29. The molecule has 73 valence electrons. The molecule has 1 nitrogen and oxygen atoms in total. The van der Waals surface area contributed by atoms with Gasteiger partial charge in [0.25, 0.3) is 0 Å². The van der Waals surface area contributed by atoms with E-state index in [9.17, 15) is 4.57 Å². The first-order valence-corrected chi connectivity index (χ1v) is 9.42. The zero-order valence-electron chi connectivity index (χ0n) is 8.70. The molecule has 0 aromatic rings. The van der Waals surface area contributed by atoms with Crippen LogP contribution in [0.15, 0.2) is 0 Å². The Bertz CT molecular complexity index is 175. The molecular formula is C9H20MoOP. The van der Waals surface area contributed by atoms with Gasteiger partial charge in [-0.15, -0.1) is 0 Å². The average molecular weight is 271 g/mol. The number of hydrogen-bond donors (Lipinski definition) is 0. The molecule has 0 aromatic carbocycles. The van der Waals surface area contributed by atoms with E-state index in [4.69, 9.17) is 0 Å². The standard InChI is InChI=1S/C9H20OP.Mo/c1-6-7(2)8(3)9(4)11(5)10;/h7-9H,6H2,1-5H3;/q+1;-1. The average Bonchev–Trinajstić information content (AvgIpc) is 1.98. The topological polar surface area (TPSA) is 17.1 Å². The van der Waals surface area contributed by atoms with Crippen LogP contribution in [0.4, 0.5) is 0 Å². The van der Waals surface area contributed by atoms with Crippen LogP contribution in [0.3, 0.4) is 0 Å². The SMILES string of the molecule is CCC(C)C(C)C(C)[P](C)(=O)[Mo]. The maximum absolute atomic E-state index is 11.8. The van der Waals surface area contributed by atoms with E-state index >= 15 is 0 Å².